The normalized spacial score (nSPS) is 10.6. The van der Waals surface area contributed by atoms with Crippen LogP contribution in [0.25, 0.3) is 11.4 Å². The van der Waals surface area contributed by atoms with E-state index in [0.29, 0.717) is 22.8 Å². The van der Waals surface area contributed by atoms with Gasteiger partial charge >= 0.3 is 0 Å². The summed E-state index contributed by atoms with van der Waals surface area (Å²) < 4.78 is 14.2. The molecule has 0 aliphatic carbocycles. The van der Waals surface area contributed by atoms with E-state index in [9.17, 15) is 14.0 Å². The Morgan fingerprint density at radius 2 is 2.00 bits per heavy atom. The molecule has 2 aromatic heterocycles. The molecule has 0 saturated heterocycles. The van der Waals surface area contributed by atoms with Crippen molar-refractivity contribution < 1.29 is 9.18 Å². The van der Waals surface area contributed by atoms with Gasteiger partial charge in [0, 0.05) is 24.9 Å². The van der Waals surface area contributed by atoms with Crippen LogP contribution < -0.4 is 10.9 Å². The molecule has 7 nitrogen and oxygen atoms in total. The van der Waals surface area contributed by atoms with Crippen molar-refractivity contribution in [2.75, 3.05) is 0 Å². The van der Waals surface area contributed by atoms with Crippen LogP contribution in [0.1, 0.15) is 16.2 Å². The van der Waals surface area contributed by atoms with Crippen LogP contribution in [0.2, 0.25) is 0 Å². The van der Waals surface area contributed by atoms with Gasteiger partial charge in [-0.1, -0.05) is 0 Å². The second kappa shape index (κ2) is 6.45. The maximum Gasteiger partial charge on any atom is 0.253 e. The first-order chi connectivity index (χ1) is 11.5. The van der Waals surface area contributed by atoms with E-state index in [0.717, 1.165) is 0 Å². The Morgan fingerprint density at radius 1 is 1.25 bits per heavy atom. The van der Waals surface area contributed by atoms with Crippen molar-refractivity contribution in [2.24, 2.45) is 7.05 Å². The summed E-state index contributed by atoms with van der Waals surface area (Å²) in [5, 5.41) is 9.45. The lowest BCUT2D eigenvalue weighted by Crippen LogP contribution is -2.25. The minimum atomic E-state index is -0.334. The van der Waals surface area contributed by atoms with E-state index in [2.05, 4.69) is 20.5 Å². The summed E-state index contributed by atoms with van der Waals surface area (Å²) in [5.74, 6) is 0.221. The Kier molecular flexibility index (Phi) is 4.19. The van der Waals surface area contributed by atoms with E-state index in [-0.39, 0.29) is 23.8 Å². The molecule has 0 spiro atoms. The van der Waals surface area contributed by atoms with E-state index in [1.54, 1.807) is 19.2 Å². The zero-order valence-electron chi connectivity index (χ0n) is 12.8. The first-order valence-electron chi connectivity index (χ1n) is 7.15. The molecule has 0 bridgehead atoms. The van der Waals surface area contributed by atoms with Crippen molar-refractivity contribution >= 4 is 5.91 Å². The summed E-state index contributed by atoms with van der Waals surface area (Å²) in [7, 11) is 1.57. The van der Waals surface area contributed by atoms with Gasteiger partial charge in [-0.3, -0.25) is 14.7 Å². The molecule has 8 heteroatoms. The van der Waals surface area contributed by atoms with Gasteiger partial charge in [-0.2, -0.15) is 5.10 Å². The number of H-pyrrole nitrogens is 1. The number of aryl methyl sites for hydroxylation is 1. The lowest BCUT2D eigenvalue weighted by molar-refractivity contribution is 0.0949. The Hall–Kier alpha value is -3.29. The predicted molar refractivity (Wildman–Crippen MR) is 84.6 cm³/mol. The van der Waals surface area contributed by atoms with E-state index in [1.807, 2.05) is 0 Å². The third-order valence-electron chi connectivity index (χ3n) is 3.40. The first kappa shape index (κ1) is 15.6. The summed E-state index contributed by atoms with van der Waals surface area (Å²) in [6, 6.07) is 8.59. The third-order valence-corrected chi connectivity index (χ3v) is 3.40. The van der Waals surface area contributed by atoms with E-state index in [4.69, 9.17) is 0 Å². The van der Waals surface area contributed by atoms with Crippen LogP contribution in [-0.4, -0.2) is 25.7 Å². The van der Waals surface area contributed by atoms with Gasteiger partial charge in [0.25, 0.3) is 5.91 Å². The standard InChI is InChI=1S/C16H14FN5O2/c1-22-9-11(4-7-14(22)23)16(24)18-8-13-19-15(21-20-13)10-2-5-12(17)6-3-10/h2-7,9H,8H2,1H3,(H,18,24)(H,19,20,21). The van der Waals surface area contributed by atoms with E-state index < -0.39 is 0 Å². The number of carbonyl (C=O) groups excluding carboxylic acids is 1. The van der Waals surface area contributed by atoms with Gasteiger partial charge < -0.3 is 9.88 Å². The molecule has 0 unspecified atom stereocenters. The molecule has 0 radical (unpaired) electrons. The Bertz CT molecular complexity index is 930. The second-order valence-electron chi connectivity index (χ2n) is 5.16. The number of amides is 1. The van der Waals surface area contributed by atoms with Crippen molar-refractivity contribution in [3.63, 3.8) is 0 Å². The SMILES string of the molecule is Cn1cc(C(=O)NCc2nc(-c3ccc(F)cc3)n[nH]2)ccc1=O. The highest BCUT2D eigenvalue weighted by atomic mass is 19.1. The number of halogens is 1. The molecule has 2 N–H and O–H groups in total. The largest absolute Gasteiger partial charge is 0.345 e. The molecule has 1 amide bonds. The quantitative estimate of drug-likeness (QED) is 0.754. The fourth-order valence-electron chi connectivity index (χ4n) is 2.10. The van der Waals surface area contributed by atoms with Gasteiger partial charge in [0.2, 0.25) is 5.56 Å². The van der Waals surface area contributed by atoms with E-state index >= 15 is 0 Å². The fraction of sp³-hybridized carbons (Fsp3) is 0.125. The average molecular weight is 327 g/mol. The van der Waals surface area contributed by atoms with E-state index in [1.165, 1.54) is 35.0 Å². The number of pyridine rings is 1. The van der Waals surface area contributed by atoms with Gasteiger partial charge in [-0.15, -0.1) is 0 Å². The first-order valence-corrected chi connectivity index (χ1v) is 7.15. The minimum absolute atomic E-state index is 0.149. The number of hydrogen-bond acceptors (Lipinski definition) is 4. The van der Waals surface area contributed by atoms with Gasteiger partial charge in [-0.05, 0) is 30.3 Å². The van der Waals surface area contributed by atoms with Crippen LogP contribution >= 0.6 is 0 Å². The van der Waals surface area contributed by atoms with Crippen molar-refractivity contribution in [3.05, 3.63) is 70.2 Å². The Morgan fingerprint density at radius 3 is 2.71 bits per heavy atom. The number of carbonyl (C=O) groups is 1. The average Bonchev–Trinajstić information content (AvgIpc) is 3.05. The van der Waals surface area contributed by atoms with Crippen molar-refractivity contribution in [3.8, 4) is 11.4 Å². The van der Waals surface area contributed by atoms with Crippen molar-refractivity contribution in [1.29, 1.82) is 0 Å². The maximum atomic E-state index is 12.9. The van der Waals surface area contributed by atoms with Gasteiger partial charge in [0.05, 0.1) is 12.1 Å². The predicted octanol–water partition coefficient (Wildman–Crippen LogP) is 1.24. The zero-order chi connectivity index (χ0) is 17.1. The topological polar surface area (TPSA) is 92.7 Å². The summed E-state index contributed by atoms with van der Waals surface area (Å²) in [4.78, 5) is 27.6. The molecule has 3 rings (SSSR count). The smallest absolute Gasteiger partial charge is 0.253 e. The summed E-state index contributed by atoms with van der Waals surface area (Å²) in [6.07, 6.45) is 1.46. The molecule has 0 saturated carbocycles. The number of rotatable bonds is 4. The van der Waals surface area contributed by atoms with Gasteiger partial charge in [0.1, 0.15) is 11.6 Å². The van der Waals surface area contributed by atoms with Crippen molar-refractivity contribution in [1.82, 2.24) is 25.1 Å². The van der Waals surface area contributed by atoms with Crippen molar-refractivity contribution in [2.45, 2.75) is 6.54 Å². The number of nitrogens with one attached hydrogen (secondary N) is 2. The molecule has 0 aliphatic rings. The van der Waals surface area contributed by atoms with Crippen LogP contribution in [0.3, 0.4) is 0 Å². The molecule has 0 aliphatic heterocycles. The lowest BCUT2D eigenvalue weighted by atomic mass is 10.2. The van der Waals surface area contributed by atoms with Crippen LogP contribution in [0, 0.1) is 5.82 Å². The van der Waals surface area contributed by atoms with Gasteiger partial charge in [0.15, 0.2) is 5.82 Å². The van der Waals surface area contributed by atoms with Crippen LogP contribution in [-0.2, 0) is 13.6 Å². The monoisotopic (exact) mass is 327 g/mol. The maximum absolute atomic E-state index is 12.9. The number of hydrogen-bond donors (Lipinski definition) is 2. The highest BCUT2D eigenvalue weighted by molar-refractivity contribution is 5.93. The summed E-state index contributed by atoms with van der Waals surface area (Å²) in [6.45, 7) is 0.149. The van der Waals surface area contributed by atoms with Crippen LogP contribution in [0.15, 0.2) is 47.4 Å². The summed E-state index contributed by atoms with van der Waals surface area (Å²) in [5.41, 5.74) is 0.851. The Labute approximate surface area is 136 Å². The lowest BCUT2D eigenvalue weighted by Gasteiger charge is -2.04. The molecule has 0 fully saturated rings. The molecular weight excluding hydrogens is 313 g/mol. The number of aromatic nitrogens is 4. The highest BCUT2D eigenvalue weighted by Gasteiger charge is 2.09. The number of aromatic amines is 1. The molecule has 24 heavy (non-hydrogen) atoms. The molecule has 1 aromatic carbocycles. The minimum Gasteiger partial charge on any atom is -0.345 e. The molecule has 2 heterocycles. The zero-order valence-corrected chi connectivity index (χ0v) is 12.8. The Balaban J connectivity index is 1.66. The molecule has 3 aromatic rings. The van der Waals surface area contributed by atoms with Crippen LogP contribution in [0.5, 0.6) is 0 Å². The second-order valence-corrected chi connectivity index (χ2v) is 5.16. The molecule has 122 valence electrons. The van der Waals surface area contributed by atoms with Crippen LogP contribution in [0.4, 0.5) is 4.39 Å². The van der Waals surface area contributed by atoms with Gasteiger partial charge in [-0.25, -0.2) is 9.37 Å². The number of nitrogens with zero attached hydrogens (tertiary/aromatic N) is 3. The number of benzene rings is 1. The highest BCUT2D eigenvalue weighted by Crippen LogP contribution is 2.14. The fourth-order valence-corrected chi connectivity index (χ4v) is 2.10. The molecular formula is C16H14FN5O2. The summed E-state index contributed by atoms with van der Waals surface area (Å²) >= 11 is 0. The molecule has 0 atom stereocenters. The third kappa shape index (κ3) is 3.37.